The van der Waals surface area contributed by atoms with Crippen molar-refractivity contribution in [2.75, 3.05) is 13.1 Å². The highest BCUT2D eigenvalue weighted by Gasteiger charge is 2.30. The second-order valence-corrected chi connectivity index (χ2v) is 6.33. The number of nitrogens with two attached hydrogens (primary N) is 1. The van der Waals surface area contributed by atoms with Crippen LogP contribution in [0.5, 0.6) is 0 Å². The summed E-state index contributed by atoms with van der Waals surface area (Å²) in [7, 11) is 0. The van der Waals surface area contributed by atoms with E-state index in [9.17, 15) is 4.79 Å². The Hall–Kier alpha value is -2.29. The van der Waals surface area contributed by atoms with Gasteiger partial charge < -0.3 is 10.5 Å². The lowest BCUT2D eigenvalue weighted by atomic mass is 9.93. The zero-order valence-electron chi connectivity index (χ0n) is 13.5. The number of carbonyl (C=O) groups is 1. The molecule has 3 heterocycles. The van der Waals surface area contributed by atoms with Gasteiger partial charge in [-0.3, -0.25) is 15.3 Å². The number of esters is 1. The molecule has 1 aromatic carbocycles. The van der Waals surface area contributed by atoms with E-state index < -0.39 is 0 Å². The minimum absolute atomic E-state index is 0.0951. The van der Waals surface area contributed by atoms with Crippen molar-refractivity contribution in [3.63, 3.8) is 0 Å². The summed E-state index contributed by atoms with van der Waals surface area (Å²) in [6.45, 7) is 4.62. The number of aromatic nitrogens is 3. The molecule has 2 aliphatic rings. The molecule has 2 atom stereocenters. The fourth-order valence-corrected chi connectivity index (χ4v) is 3.56. The van der Waals surface area contributed by atoms with Crippen molar-refractivity contribution in [3.8, 4) is 0 Å². The molecule has 2 aliphatic heterocycles. The number of carbonyl (C=O) groups excluding carboxylic acids is 1. The minimum atomic E-state index is -0.236. The van der Waals surface area contributed by atoms with Crippen molar-refractivity contribution < 1.29 is 9.53 Å². The highest BCUT2D eigenvalue weighted by molar-refractivity contribution is 5.93. The van der Waals surface area contributed by atoms with Gasteiger partial charge in [-0.15, -0.1) is 0 Å². The van der Waals surface area contributed by atoms with Crippen LogP contribution in [0.15, 0.2) is 18.5 Å². The summed E-state index contributed by atoms with van der Waals surface area (Å²) in [6.07, 6.45) is 1.38. The number of aromatic amines is 1. The van der Waals surface area contributed by atoms with Crippen LogP contribution in [0.3, 0.4) is 0 Å². The van der Waals surface area contributed by atoms with E-state index in [1.165, 1.54) is 6.33 Å². The van der Waals surface area contributed by atoms with Gasteiger partial charge in [-0.25, -0.2) is 9.78 Å². The molecule has 0 aliphatic carbocycles. The number of H-pyrrole nitrogens is 1. The fourth-order valence-electron chi connectivity index (χ4n) is 3.56. The van der Waals surface area contributed by atoms with E-state index in [1.807, 2.05) is 19.1 Å². The molecule has 2 aromatic rings. The molecule has 1 aromatic heterocycles. The highest BCUT2D eigenvalue weighted by atomic mass is 16.5. The maximum absolute atomic E-state index is 11.7. The molecule has 126 valence electrons. The molecule has 1 fully saturated rings. The van der Waals surface area contributed by atoms with Gasteiger partial charge in [-0.1, -0.05) is 6.07 Å². The molecular formula is C16H20N6O2. The average Bonchev–Trinajstić information content (AvgIpc) is 3.18. The van der Waals surface area contributed by atoms with Gasteiger partial charge in [0, 0.05) is 24.7 Å². The first kappa shape index (κ1) is 15.3. The van der Waals surface area contributed by atoms with Crippen molar-refractivity contribution in [2.45, 2.75) is 32.3 Å². The van der Waals surface area contributed by atoms with Crippen molar-refractivity contribution in [1.29, 1.82) is 0 Å². The fraction of sp³-hybridized carbons (Fsp3) is 0.438. The van der Waals surface area contributed by atoms with Crippen LogP contribution < -0.4 is 11.1 Å². The molecule has 4 N–H and O–H groups in total. The van der Waals surface area contributed by atoms with Crippen LogP contribution in [-0.2, 0) is 17.9 Å². The number of fused-ring (bicyclic) bond motifs is 1. The Morgan fingerprint density at radius 3 is 3.08 bits per heavy atom. The van der Waals surface area contributed by atoms with Gasteiger partial charge in [-0.2, -0.15) is 5.10 Å². The second-order valence-electron chi connectivity index (χ2n) is 6.33. The minimum Gasteiger partial charge on any atom is -0.457 e. The maximum atomic E-state index is 11.7. The summed E-state index contributed by atoms with van der Waals surface area (Å²) in [6, 6.07) is 3.95. The van der Waals surface area contributed by atoms with Crippen molar-refractivity contribution in [3.05, 3.63) is 46.5 Å². The smallest absolute Gasteiger partial charge is 0.338 e. The monoisotopic (exact) mass is 328 g/mol. The number of nitrogens with one attached hydrogen (secondary N) is 2. The molecule has 0 saturated carbocycles. The average molecular weight is 328 g/mol. The first-order valence-corrected chi connectivity index (χ1v) is 7.99. The number of cyclic esters (lactones) is 1. The molecule has 0 unspecified atom stereocenters. The van der Waals surface area contributed by atoms with Crippen LogP contribution in [0.2, 0.25) is 0 Å². The third kappa shape index (κ3) is 2.68. The largest absolute Gasteiger partial charge is 0.457 e. The van der Waals surface area contributed by atoms with Crippen LogP contribution >= 0.6 is 0 Å². The third-order valence-electron chi connectivity index (χ3n) is 4.73. The Morgan fingerprint density at radius 1 is 1.42 bits per heavy atom. The van der Waals surface area contributed by atoms with Crippen molar-refractivity contribution >= 4 is 5.97 Å². The van der Waals surface area contributed by atoms with Crippen molar-refractivity contribution in [2.24, 2.45) is 5.73 Å². The maximum Gasteiger partial charge on any atom is 0.338 e. The lowest BCUT2D eigenvalue weighted by Crippen LogP contribution is -2.56. The summed E-state index contributed by atoms with van der Waals surface area (Å²) in [5, 5.41) is 10.2. The molecular weight excluding hydrogens is 308 g/mol. The summed E-state index contributed by atoms with van der Waals surface area (Å²) in [5.74, 6) is 0.590. The van der Waals surface area contributed by atoms with E-state index in [2.05, 4.69) is 25.4 Å². The molecule has 4 rings (SSSR count). The summed E-state index contributed by atoms with van der Waals surface area (Å²) < 4.78 is 5.15. The second kappa shape index (κ2) is 5.97. The van der Waals surface area contributed by atoms with Crippen LogP contribution in [-0.4, -0.2) is 45.3 Å². The van der Waals surface area contributed by atoms with E-state index in [-0.39, 0.29) is 18.2 Å². The number of piperazine rings is 1. The first-order chi connectivity index (χ1) is 11.6. The van der Waals surface area contributed by atoms with E-state index >= 15 is 0 Å². The topological polar surface area (TPSA) is 109 Å². The Bertz CT molecular complexity index is 760. The Morgan fingerprint density at radius 2 is 2.29 bits per heavy atom. The van der Waals surface area contributed by atoms with E-state index in [0.717, 1.165) is 35.6 Å². The lowest BCUT2D eigenvalue weighted by molar-refractivity contribution is 0.0535. The number of ether oxygens (including phenoxy) is 1. The van der Waals surface area contributed by atoms with Crippen LogP contribution in [0.1, 0.15) is 38.9 Å². The number of rotatable bonds is 3. The molecule has 0 spiro atoms. The first-order valence-electron chi connectivity index (χ1n) is 7.99. The normalized spacial score (nSPS) is 24.0. The Kier molecular flexibility index (Phi) is 3.79. The number of hydrogen-bond donors (Lipinski definition) is 3. The summed E-state index contributed by atoms with van der Waals surface area (Å²) in [5.41, 5.74) is 10.1. The zero-order valence-corrected chi connectivity index (χ0v) is 13.5. The van der Waals surface area contributed by atoms with Gasteiger partial charge in [-0.05, 0) is 24.1 Å². The van der Waals surface area contributed by atoms with E-state index in [0.29, 0.717) is 18.7 Å². The third-order valence-corrected chi connectivity index (χ3v) is 4.73. The molecule has 8 heteroatoms. The quantitative estimate of drug-likeness (QED) is 0.691. The van der Waals surface area contributed by atoms with Gasteiger partial charge in [0.15, 0.2) is 0 Å². The van der Waals surface area contributed by atoms with Gasteiger partial charge in [0.1, 0.15) is 18.8 Å². The number of nitrogens with zero attached hydrogens (tertiary/aromatic N) is 3. The SMILES string of the molecule is Cc1c([C@@H]2CN(Cc3ncn[nH]3)C[C@H](N)N2)ccc2c1COC2=O. The molecule has 0 bridgehead atoms. The van der Waals surface area contributed by atoms with Crippen LogP contribution in [0.25, 0.3) is 0 Å². The predicted molar refractivity (Wildman–Crippen MR) is 85.8 cm³/mol. The van der Waals surface area contributed by atoms with Crippen molar-refractivity contribution in [1.82, 2.24) is 25.4 Å². The standard InChI is InChI=1S/C16H20N6O2/c1-9-10(2-3-11-12(9)7-24-16(11)23)13-4-22(5-14(17)20-13)6-15-18-8-19-21-15/h2-3,8,13-14,20H,4-7,17H2,1H3,(H,18,19,21)/t13-,14+/m0/s1. The predicted octanol–water partition coefficient (Wildman–Crippen LogP) is 0.215. The number of benzene rings is 1. The van der Waals surface area contributed by atoms with Gasteiger partial charge in [0.25, 0.3) is 0 Å². The molecule has 8 nitrogen and oxygen atoms in total. The highest BCUT2D eigenvalue weighted by Crippen LogP contribution is 2.30. The van der Waals surface area contributed by atoms with Gasteiger partial charge in [0.05, 0.1) is 18.3 Å². The zero-order chi connectivity index (χ0) is 16.7. The molecule has 0 amide bonds. The van der Waals surface area contributed by atoms with Gasteiger partial charge >= 0.3 is 5.97 Å². The summed E-state index contributed by atoms with van der Waals surface area (Å²) in [4.78, 5) is 18.1. The van der Waals surface area contributed by atoms with Gasteiger partial charge in [0.2, 0.25) is 0 Å². The van der Waals surface area contributed by atoms with Crippen LogP contribution in [0, 0.1) is 6.92 Å². The van der Waals surface area contributed by atoms with E-state index in [1.54, 1.807) is 0 Å². The molecule has 24 heavy (non-hydrogen) atoms. The van der Waals surface area contributed by atoms with E-state index in [4.69, 9.17) is 10.5 Å². The Balaban J connectivity index is 1.58. The lowest BCUT2D eigenvalue weighted by Gasteiger charge is -2.37. The number of hydrogen-bond acceptors (Lipinski definition) is 7. The molecule has 0 radical (unpaired) electrons. The Labute approximate surface area is 139 Å². The summed E-state index contributed by atoms with van der Waals surface area (Å²) >= 11 is 0. The van der Waals surface area contributed by atoms with Crippen LogP contribution in [0.4, 0.5) is 0 Å². The molecule has 1 saturated heterocycles.